The molecule has 21 heavy (non-hydrogen) atoms. The van der Waals surface area contributed by atoms with Gasteiger partial charge in [0.2, 0.25) is 0 Å². The van der Waals surface area contributed by atoms with Gasteiger partial charge in [-0.2, -0.15) is 0 Å². The van der Waals surface area contributed by atoms with Crippen molar-refractivity contribution in [1.29, 1.82) is 0 Å². The lowest BCUT2D eigenvalue weighted by atomic mass is 10.1. The summed E-state index contributed by atoms with van der Waals surface area (Å²) in [6.07, 6.45) is 1.75. The van der Waals surface area contributed by atoms with E-state index >= 15 is 0 Å². The minimum absolute atomic E-state index is 0.189. The summed E-state index contributed by atoms with van der Waals surface area (Å²) >= 11 is 0. The lowest BCUT2D eigenvalue weighted by Gasteiger charge is -2.05. The molecule has 0 aromatic heterocycles. The highest BCUT2D eigenvalue weighted by atomic mass is 16.7. The molecule has 0 fully saturated rings. The fourth-order valence-electron chi connectivity index (χ4n) is 1.94. The summed E-state index contributed by atoms with van der Waals surface area (Å²) in [6, 6.07) is 18.9. The highest BCUT2D eigenvalue weighted by molar-refractivity contribution is 6.25. The molecule has 0 aliphatic carbocycles. The van der Waals surface area contributed by atoms with Gasteiger partial charge in [-0.25, -0.2) is 4.79 Å². The van der Waals surface area contributed by atoms with Crippen LogP contribution in [-0.2, 0) is 9.63 Å². The number of oxime groups is 1. The molecule has 0 amide bonds. The van der Waals surface area contributed by atoms with E-state index in [4.69, 9.17) is 9.57 Å². The van der Waals surface area contributed by atoms with Gasteiger partial charge in [0.05, 0.1) is 5.57 Å². The molecule has 2 aromatic carbocycles. The van der Waals surface area contributed by atoms with Crippen molar-refractivity contribution in [2.45, 2.75) is 0 Å². The summed E-state index contributed by atoms with van der Waals surface area (Å²) in [4.78, 5) is 16.5. The number of nitrogens with zero attached hydrogens (tertiary/aromatic N) is 1. The molecule has 4 heteroatoms. The smallest absolute Gasteiger partial charge is 0.367 e. The van der Waals surface area contributed by atoms with Crippen molar-refractivity contribution in [3.63, 3.8) is 0 Å². The van der Waals surface area contributed by atoms with Crippen LogP contribution in [0.25, 0.3) is 6.08 Å². The zero-order chi connectivity index (χ0) is 14.5. The van der Waals surface area contributed by atoms with E-state index in [-0.39, 0.29) is 6.61 Å². The van der Waals surface area contributed by atoms with Crippen LogP contribution in [-0.4, -0.2) is 18.3 Å². The van der Waals surface area contributed by atoms with E-state index in [1.54, 1.807) is 6.08 Å². The molecule has 104 valence electrons. The molecule has 0 saturated carbocycles. The largest absolute Gasteiger partial charge is 0.487 e. The standard InChI is InChI=1S/C17H13NO3/c19-17-15(11-13-7-3-1-4-8-13)16(18-21-17)12-20-14-9-5-2-6-10-14/h1-11H,12H2. The quantitative estimate of drug-likeness (QED) is 0.638. The first-order chi connectivity index (χ1) is 10.3. The van der Waals surface area contributed by atoms with Crippen molar-refractivity contribution in [2.75, 3.05) is 6.61 Å². The molecule has 4 nitrogen and oxygen atoms in total. The van der Waals surface area contributed by atoms with Gasteiger partial charge in [0.25, 0.3) is 0 Å². The fraction of sp³-hybridized carbons (Fsp3) is 0.0588. The van der Waals surface area contributed by atoms with Crippen LogP contribution in [0.3, 0.4) is 0 Å². The number of para-hydroxylation sites is 1. The minimum atomic E-state index is -0.453. The third kappa shape index (κ3) is 3.17. The van der Waals surface area contributed by atoms with E-state index in [9.17, 15) is 4.79 Å². The van der Waals surface area contributed by atoms with Crippen LogP contribution in [0, 0.1) is 0 Å². The molecule has 0 atom stereocenters. The van der Waals surface area contributed by atoms with Crippen LogP contribution < -0.4 is 4.74 Å². The monoisotopic (exact) mass is 279 g/mol. The second-order valence-corrected chi connectivity index (χ2v) is 4.49. The minimum Gasteiger partial charge on any atom is -0.487 e. The Labute approximate surface area is 122 Å². The van der Waals surface area contributed by atoms with Crippen LogP contribution >= 0.6 is 0 Å². The molecular formula is C17H13NO3. The molecule has 0 N–H and O–H groups in total. The molecular weight excluding hydrogens is 266 g/mol. The average molecular weight is 279 g/mol. The van der Waals surface area contributed by atoms with Crippen LogP contribution in [0.1, 0.15) is 5.56 Å². The number of hydrogen-bond acceptors (Lipinski definition) is 4. The zero-order valence-electron chi connectivity index (χ0n) is 11.2. The average Bonchev–Trinajstić information content (AvgIpc) is 2.88. The van der Waals surface area contributed by atoms with Gasteiger partial charge in [0, 0.05) is 0 Å². The summed E-state index contributed by atoms with van der Waals surface area (Å²) in [5.74, 6) is 0.268. The van der Waals surface area contributed by atoms with Gasteiger partial charge in [0.15, 0.2) is 0 Å². The van der Waals surface area contributed by atoms with Crippen molar-refractivity contribution in [3.8, 4) is 5.75 Å². The fourth-order valence-corrected chi connectivity index (χ4v) is 1.94. The maximum absolute atomic E-state index is 11.7. The molecule has 0 saturated heterocycles. The highest BCUT2D eigenvalue weighted by Crippen LogP contribution is 2.17. The molecule has 0 spiro atoms. The van der Waals surface area contributed by atoms with Gasteiger partial charge >= 0.3 is 5.97 Å². The number of carbonyl (C=O) groups is 1. The van der Waals surface area contributed by atoms with Crippen molar-refractivity contribution >= 4 is 17.8 Å². The Hall–Kier alpha value is -2.88. The van der Waals surface area contributed by atoms with Gasteiger partial charge in [-0.3, -0.25) is 0 Å². The number of ether oxygens (including phenoxy) is 1. The molecule has 2 aromatic rings. The van der Waals surface area contributed by atoms with Crippen LogP contribution in [0.5, 0.6) is 5.75 Å². The maximum Gasteiger partial charge on any atom is 0.367 e. The normalized spacial score (nSPS) is 15.7. The molecule has 0 unspecified atom stereocenters. The van der Waals surface area contributed by atoms with E-state index in [1.807, 2.05) is 60.7 Å². The predicted octanol–water partition coefficient (Wildman–Crippen LogP) is 3.06. The SMILES string of the molecule is O=C1ON=C(COc2ccccc2)C1=Cc1ccccc1. The highest BCUT2D eigenvalue weighted by Gasteiger charge is 2.25. The van der Waals surface area contributed by atoms with Crippen molar-refractivity contribution in [3.05, 3.63) is 71.8 Å². The number of hydrogen-bond donors (Lipinski definition) is 0. The first kappa shape index (κ1) is 13.1. The summed E-state index contributed by atoms with van der Waals surface area (Å²) in [6.45, 7) is 0.189. The Kier molecular flexibility index (Phi) is 3.78. The molecule has 1 heterocycles. The van der Waals surface area contributed by atoms with Gasteiger partial charge in [-0.05, 0) is 23.8 Å². The molecule has 0 bridgehead atoms. The second-order valence-electron chi connectivity index (χ2n) is 4.49. The predicted molar refractivity (Wildman–Crippen MR) is 79.9 cm³/mol. The number of rotatable bonds is 4. The van der Waals surface area contributed by atoms with E-state index in [0.29, 0.717) is 11.3 Å². The summed E-state index contributed by atoms with van der Waals surface area (Å²) in [5.41, 5.74) is 1.84. The summed E-state index contributed by atoms with van der Waals surface area (Å²) < 4.78 is 5.60. The molecule has 0 radical (unpaired) electrons. The van der Waals surface area contributed by atoms with Gasteiger partial charge < -0.3 is 9.57 Å². The zero-order valence-corrected chi connectivity index (χ0v) is 11.2. The summed E-state index contributed by atoms with van der Waals surface area (Å²) in [5, 5.41) is 3.78. The first-order valence-corrected chi connectivity index (χ1v) is 6.56. The van der Waals surface area contributed by atoms with E-state index < -0.39 is 5.97 Å². The number of benzene rings is 2. The first-order valence-electron chi connectivity index (χ1n) is 6.56. The maximum atomic E-state index is 11.7. The Morgan fingerprint density at radius 3 is 2.38 bits per heavy atom. The summed E-state index contributed by atoms with van der Waals surface area (Å²) in [7, 11) is 0. The van der Waals surface area contributed by atoms with Crippen molar-refractivity contribution in [2.24, 2.45) is 5.16 Å². The Balaban J connectivity index is 1.75. The van der Waals surface area contributed by atoms with Gasteiger partial charge in [-0.1, -0.05) is 53.7 Å². The number of carbonyl (C=O) groups excluding carboxylic acids is 1. The van der Waals surface area contributed by atoms with Crippen LogP contribution in [0.2, 0.25) is 0 Å². The van der Waals surface area contributed by atoms with Gasteiger partial charge in [0.1, 0.15) is 18.1 Å². The Morgan fingerprint density at radius 2 is 1.67 bits per heavy atom. The van der Waals surface area contributed by atoms with E-state index in [1.165, 1.54) is 0 Å². The molecule has 1 aliphatic rings. The third-order valence-corrected chi connectivity index (χ3v) is 3.00. The molecule has 1 aliphatic heterocycles. The van der Waals surface area contributed by atoms with Crippen LogP contribution in [0.15, 0.2) is 71.4 Å². The third-order valence-electron chi connectivity index (χ3n) is 3.00. The lowest BCUT2D eigenvalue weighted by molar-refractivity contribution is -0.136. The van der Waals surface area contributed by atoms with Gasteiger partial charge in [-0.15, -0.1) is 0 Å². The molecule has 3 rings (SSSR count). The Morgan fingerprint density at radius 1 is 1.00 bits per heavy atom. The van der Waals surface area contributed by atoms with E-state index in [0.717, 1.165) is 11.3 Å². The second kappa shape index (κ2) is 6.05. The Bertz CT molecular complexity index is 690. The van der Waals surface area contributed by atoms with E-state index in [2.05, 4.69) is 5.16 Å². The lowest BCUT2D eigenvalue weighted by Crippen LogP contribution is -2.14. The topological polar surface area (TPSA) is 47.9 Å². The van der Waals surface area contributed by atoms with Crippen molar-refractivity contribution < 1.29 is 14.4 Å². The van der Waals surface area contributed by atoms with Crippen LogP contribution in [0.4, 0.5) is 0 Å². The van der Waals surface area contributed by atoms with Crippen molar-refractivity contribution in [1.82, 2.24) is 0 Å².